The quantitative estimate of drug-likeness (QED) is 0.0847. The smallest absolute Gasteiger partial charge is 0.166 e. The highest BCUT2D eigenvalue weighted by atomic mass is 28.2. The molecule has 358 valence electrons. The Bertz CT molecular complexity index is 2660. The monoisotopic (exact) mass is 974 g/mol. The zero-order chi connectivity index (χ0) is 49.8. The third-order valence-corrected chi connectivity index (χ3v) is 15.1. The summed E-state index contributed by atoms with van der Waals surface area (Å²) >= 11 is 0. The van der Waals surface area contributed by atoms with Crippen LogP contribution in [0, 0.1) is 11.8 Å². The van der Waals surface area contributed by atoms with E-state index >= 15 is 0 Å². The van der Waals surface area contributed by atoms with Crippen LogP contribution in [0.15, 0.2) is 132 Å². The van der Waals surface area contributed by atoms with Crippen LogP contribution in [-0.4, -0.2) is 9.52 Å². The molecule has 0 saturated heterocycles. The molecule has 0 N–H and O–H groups in total. The molecule has 2 aliphatic carbocycles. The standard InChI is InChI=1S/C56H46F12Si/c1-5-31(3)45-27-47-43(19-17-41(33-13-9-7-10-14-33)51(47)35-21-37(53(57,58)59)25-38(22-35)54(60,61)62)49(45)29-69-30-50-44-20-18-42(34-15-11-8-12-16-34)52(48(44)28-46(50)32(4)6-2)36-23-39(55(63,64)65)26-40(24-36)56(66,67)68/h7-28,31-32,49-50H,5-6,29-30H2,1-4H3. The SMILES string of the molecule is CCC(C)C1=Cc2c(ccc(-c3ccccc3)c2-c2cc(C(F)(F)F)cc(C(F)(F)F)c2)C1C[Si]CC1C(C(C)CC)=Cc2c1ccc(-c1ccccc1)c2-c1cc(C(F)(F)F)cc(C(F)(F)F)c1. The first kappa shape index (κ1) is 49.6. The molecule has 0 aliphatic heterocycles. The second-order valence-corrected chi connectivity index (χ2v) is 19.3. The molecule has 0 spiro atoms. The van der Waals surface area contributed by atoms with Gasteiger partial charge in [0.05, 0.1) is 22.3 Å². The number of halogens is 12. The van der Waals surface area contributed by atoms with Gasteiger partial charge in [-0.1, -0.05) is 148 Å². The molecule has 6 aromatic carbocycles. The molecule has 0 nitrogen and oxygen atoms in total. The summed E-state index contributed by atoms with van der Waals surface area (Å²) < 4.78 is 172. The van der Waals surface area contributed by atoms with Crippen LogP contribution in [0.2, 0.25) is 12.1 Å². The van der Waals surface area contributed by atoms with E-state index < -0.39 is 47.0 Å². The maximum absolute atomic E-state index is 14.3. The molecule has 0 aromatic heterocycles. The van der Waals surface area contributed by atoms with E-state index in [1.807, 2.05) is 52.0 Å². The Kier molecular flexibility index (Phi) is 13.5. The molecule has 69 heavy (non-hydrogen) atoms. The second kappa shape index (κ2) is 18.8. The van der Waals surface area contributed by atoms with Crippen LogP contribution in [0.5, 0.6) is 0 Å². The fourth-order valence-corrected chi connectivity index (χ4v) is 11.5. The predicted octanol–water partition coefficient (Wildman–Crippen LogP) is 18.7. The highest BCUT2D eigenvalue weighted by Crippen LogP contribution is 2.54. The van der Waals surface area contributed by atoms with Crippen LogP contribution in [-0.2, 0) is 24.7 Å². The van der Waals surface area contributed by atoms with Crippen LogP contribution in [0.4, 0.5) is 52.7 Å². The van der Waals surface area contributed by atoms with E-state index in [2.05, 4.69) is 0 Å². The molecular formula is C56H46F12Si. The van der Waals surface area contributed by atoms with Gasteiger partial charge in [0.15, 0.2) is 0 Å². The van der Waals surface area contributed by atoms with E-state index in [-0.39, 0.29) is 67.6 Å². The molecule has 0 saturated carbocycles. The van der Waals surface area contributed by atoms with Gasteiger partial charge in [0.2, 0.25) is 0 Å². The first-order valence-electron chi connectivity index (χ1n) is 22.7. The van der Waals surface area contributed by atoms with Crippen LogP contribution in [0.25, 0.3) is 56.7 Å². The minimum absolute atomic E-state index is 0.0109. The van der Waals surface area contributed by atoms with Crippen molar-refractivity contribution >= 4 is 21.7 Å². The fourth-order valence-electron chi connectivity index (χ4n) is 9.89. The largest absolute Gasteiger partial charge is 0.416 e. The van der Waals surface area contributed by atoms with E-state index in [1.165, 1.54) is 0 Å². The topological polar surface area (TPSA) is 0 Å². The third kappa shape index (κ3) is 9.98. The van der Waals surface area contributed by atoms with E-state index in [9.17, 15) is 52.7 Å². The zero-order valence-electron chi connectivity index (χ0n) is 37.9. The maximum Gasteiger partial charge on any atom is 0.416 e. The predicted molar refractivity (Wildman–Crippen MR) is 250 cm³/mol. The van der Waals surface area contributed by atoms with Crippen molar-refractivity contribution in [3.8, 4) is 44.5 Å². The third-order valence-electron chi connectivity index (χ3n) is 13.7. The Morgan fingerprint density at radius 2 is 0.739 bits per heavy atom. The Hall–Kier alpha value is -5.82. The summed E-state index contributed by atoms with van der Waals surface area (Å²) in [4.78, 5) is 0. The maximum atomic E-state index is 14.3. The Morgan fingerprint density at radius 3 is 1.03 bits per heavy atom. The molecule has 0 fully saturated rings. The lowest BCUT2D eigenvalue weighted by Crippen LogP contribution is -2.13. The summed E-state index contributed by atoms with van der Waals surface area (Å²) in [5, 5.41) is 0. The Labute approximate surface area is 395 Å². The van der Waals surface area contributed by atoms with Crippen LogP contribution in [0.1, 0.15) is 96.9 Å². The molecule has 2 radical (unpaired) electrons. The average molecular weight is 975 g/mol. The van der Waals surface area contributed by atoms with Crippen LogP contribution < -0.4 is 0 Å². The number of allylic oxidation sites excluding steroid dienone is 2. The lowest BCUT2D eigenvalue weighted by molar-refractivity contribution is -0.144. The van der Waals surface area contributed by atoms with Gasteiger partial charge in [-0.15, -0.1) is 0 Å². The molecule has 6 aromatic rings. The van der Waals surface area contributed by atoms with E-state index in [0.717, 1.165) is 46.5 Å². The van der Waals surface area contributed by atoms with Crippen molar-refractivity contribution in [3.05, 3.63) is 177 Å². The zero-order valence-corrected chi connectivity index (χ0v) is 38.9. The summed E-state index contributed by atoms with van der Waals surface area (Å²) in [6, 6.07) is 29.5. The number of alkyl halides is 12. The van der Waals surface area contributed by atoms with Crippen molar-refractivity contribution in [1.82, 2.24) is 0 Å². The van der Waals surface area contributed by atoms with Gasteiger partial charge < -0.3 is 0 Å². The number of hydrogen-bond acceptors (Lipinski definition) is 0. The van der Waals surface area contributed by atoms with Gasteiger partial charge in [0.25, 0.3) is 0 Å². The lowest BCUT2D eigenvalue weighted by Gasteiger charge is -2.25. The van der Waals surface area contributed by atoms with Gasteiger partial charge in [0.1, 0.15) is 0 Å². The second-order valence-electron chi connectivity index (χ2n) is 18.0. The molecule has 4 unspecified atom stereocenters. The van der Waals surface area contributed by atoms with E-state index in [4.69, 9.17) is 0 Å². The minimum Gasteiger partial charge on any atom is -0.166 e. The fraction of sp³-hybridized carbons (Fsp3) is 0.286. The molecule has 13 heteroatoms. The highest BCUT2D eigenvalue weighted by Gasteiger charge is 2.41. The Morgan fingerprint density at radius 1 is 0.420 bits per heavy atom. The number of fused-ring (bicyclic) bond motifs is 2. The molecule has 0 amide bonds. The lowest BCUT2D eigenvalue weighted by atomic mass is 9.85. The first-order chi connectivity index (χ1) is 32.5. The van der Waals surface area contributed by atoms with Gasteiger partial charge in [-0.05, 0) is 128 Å². The molecule has 0 bridgehead atoms. The summed E-state index contributed by atoms with van der Waals surface area (Å²) in [6.45, 7) is 8.10. The first-order valence-corrected chi connectivity index (χ1v) is 24.1. The van der Waals surface area contributed by atoms with Gasteiger partial charge in [-0.2, -0.15) is 52.7 Å². The molecular weight excluding hydrogens is 929 g/mol. The van der Waals surface area contributed by atoms with Crippen LogP contribution >= 0.6 is 0 Å². The normalized spacial score (nSPS) is 17.0. The van der Waals surface area contributed by atoms with Crippen LogP contribution in [0.3, 0.4) is 0 Å². The number of benzene rings is 6. The summed E-state index contributed by atoms with van der Waals surface area (Å²) in [5.41, 5.74) is 1.28. The molecule has 4 atom stereocenters. The minimum atomic E-state index is -5.06. The van der Waals surface area contributed by atoms with Gasteiger partial charge in [-0.3, -0.25) is 0 Å². The van der Waals surface area contributed by atoms with E-state index in [1.54, 1.807) is 72.8 Å². The molecule has 2 aliphatic rings. The molecule has 8 rings (SSSR count). The van der Waals surface area contributed by atoms with Crippen molar-refractivity contribution < 1.29 is 52.7 Å². The summed E-state index contributed by atoms with van der Waals surface area (Å²) in [7, 11) is 0.236. The Balaban J connectivity index is 1.24. The van der Waals surface area contributed by atoms with Crippen molar-refractivity contribution in [2.24, 2.45) is 11.8 Å². The summed E-state index contributed by atoms with van der Waals surface area (Å²) in [6.07, 6.45) is -15.0. The number of hydrogen-bond donors (Lipinski definition) is 0. The van der Waals surface area contributed by atoms with Crippen molar-refractivity contribution in [2.75, 3.05) is 0 Å². The highest BCUT2D eigenvalue weighted by molar-refractivity contribution is 6.36. The van der Waals surface area contributed by atoms with Crippen molar-refractivity contribution in [1.29, 1.82) is 0 Å². The average Bonchev–Trinajstić information content (AvgIpc) is 3.88. The van der Waals surface area contributed by atoms with Gasteiger partial charge >= 0.3 is 24.7 Å². The van der Waals surface area contributed by atoms with Crippen molar-refractivity contribution in [2.45, 2.75) is 89.2 Å². The van der Waals surface area contributed by atoms with Crippen molar-refractivity contribution in [3.63, 3.8) is 0 Å². The summed E-state index contributed by atoms with van der Waals surface area (Å²) in [5.74, 6) is -0.515. The van der Waals surface area contributed by atoms with Gasteiger partial charge in [-0.25, -0.2) is 0 Å². The number of rotatable bonds is 12. The van der Waals surface area contributed by atoms with E-state index in [0.29, 0.717) is 58.3 Å². The molecule has 0 heterocycles. The van der Waals surface area contributed by atoms with Gasteiger partial charge in [0, 0.05) is 21.4 Å².